The molecular weight excluding hydrogens is 298 g/mol. The molecular formula is C15H17ClF2N2O. The van der Waals surface area contributed by atoms with Crippen LogP contribution >= 0.6 is 11.6 Å². The Morgan fingerprint density at radius 2 is 2.00 bits per heavy atom. The van der Waals surface area contributed by atoms with Gasteiger partial charge in [-0.3, -0.25) is 9.48 Å². The van der Waals surface area contributed by atoms with Gasteiger partial charge in [-0.15, -0.1) is 0 Å². The highest BCUT2D eigenvalue weighted by molar-refractivity contribution is 6.35. The monoisotopic (exact) mass is 314 g/mol. The maximum Gasteiger partial charge on any atom is 0.296 e. The third kappa shape index (κ3) is 2.93. The van der Waals surface area contributed by atoms with Crippen LogP contribution in [0.25, 0.3) is 10.9 Å². The second kappa shape index (κ2) is 5.37. The van der Waals surface area contributed by atoms with E-state index in [1.165, 1.54) is 0 Å². The number of benzene rings is 1. The number of fused-ring (bicyclic) bond motifs is 1. The highest BCUT2D eigenvalue weighted by atomic mass is 35.5. The van der Waals surface area contributed by atoms with E-state index in [2.05, 4.69) is 5.10 Å². The van der Waals surface area contributed by atoms with Crippen molar-refractivity contribution >= 4 is 28.3 Å². The van der Waals surface area contributed by atoms with Crippen LogP contribution in [0.2, 0.25) is 5.02 Å². The fourth-order valence-corrected chi connectivity index (χ4v) is 2.69. The topological polar surface area (TPSA) is 34.9 Å². The molecule has 0 unspecified atom stereocenters. The molecule has 0 radical (unpaired) electrons. The van der Waals surface area contributed by atoms with Gasteiger partial charge in [-0.1, -0.05) is 38.4 Å². The Hall–Kier alpha value is -1.49. The van der Waals surface area contributed by atoms with Crippen LogP contribution < -0.4 is 0 Å². The van der Waals surface area contributed by atoms with Gasteiger partial charge in [0.05, 0.1) is 22.7 Å². The van der Waals surface area contributed by atoms with E-state index in [1.807, 2.05) is 26.8 Å². The van der Waals surface area contributed by atoms with Crippen molar-refractivity contribution in [1.82, 2.24) is 9.78 Å². The van der Waals surface area contributed by atoms with Crippen molar-refractivity contribution in [3.05, 3.63) is 28.4 Å². The summed E-state index contributed by atoms with van der Waals surface area (Å²) in [4.78, 5) is 11.3. The van der Waals surface area contributed by atoms with Gasteiger partial charge < -0.3 is 0 Å². The molecule has 6 heteroatoms. The van der Waals surface area contributed by atoms with Gasteiger partial charge >= 0.3 is 0 Å². The van der Waals surface area contributed by atoms with E-state index >= 15 is 0 Å². The Balaban J connectivity index is 2.69. The smallest absolute Gasteiger partial charge is 0.293 e. The highest BCUT2D eigenvalue weighted by Gasteiger charge is 2.25. The largest absolute Gasteiger partial charge is 0.296 e. The molecule has 114 valence electrons. The molecule has 2 aromatic rings. The number of hydrogen-bond acceptors (Lipinski definition) is 2. The van der Waals surface area contributed by atoms with E-state index in [1.54, 1.807) is 17.8 Å². The summed E-state index contributed by atoms with van der Waals surface area (Å²) in [5.74, 6) is -1.15. The lowest BCUT2D eigenvalue weighted by atomic mass is 9.85. The molecule has 0 fully saturated rings. The zero-order chi connectivity index (χ0) is 15.9. The maximum absolute atomic E-state index is 12.5. The molecule has 0 aliphatic carbocycles. The van der Waals surface area contributed by atoms with Gasteiger partial charge in [-0.05, 0) is 17.0 Å². The van der Waals surface area contributed by atoms with Gasteiger partial charge in [-0.2, -0.15) is 5.10 Å². The Labute approximate surface area is 126 Å². The molecule has 1 heterocycles. The van der Waals surface area contributed by atoms with Crippen LogP contribution in [0, 0.1) is 0 Å². The molecule has 21 heavy (non-hydrogen) atoms. The summed E-state index contributed by atoms with van der Waals surface area (Å²) in [6.45, 7) is 6.14. The summed E-state index contributed by atoms with van der Waals surface area (Å²) in [5, 5.41) is 5.23. The van der Waals surface area contributed by atoms with Gasteiger partial charge in [0, 0.05) is 12.4 Å². The number of carbonyl (C=O) groups is 1. The van der Waals surface area contributed by atoms with Crippen LogP contribution in [-0.2, 0) is 23.7 Å². The predicted octanol–water partition coefficient (Wildman–Crippen LogP) is 3.90. The molecule has 2 rings (SSSR count). The van der Waals surface area contributed by atoms with Gasteiger partial charge in [0.1, 0.15) is 0 Å². The lowest BCUT2D eigenvalue weighted by Gasteiger charge is -2.21. The van der Waals surface area contributed by atoms with E-state index in [0.717, 1.165) is 11.1 Å². The van der Waals surface area contributed by atoms with Crippen LogP contribution in [0.1, 0.15) is 32.0 Å². The van der Waals surface area contributed by atoms with Crippen molar-refractivity contribution < 1.29 is 13.6 Å². The van der Waals surface area contributed by atoms with Crippen LogP contribution in [0.5, 0.6) is 0 Å². The van der Waals surface area contributed by atoms with Gasteiger partial charge in [0.25, 0.3) is 6.43 Å². The minimum atomic E-state index is -2.99. The number of carbonyl (C=O) groups excluding carboxylic acids is 1. The first kappa shape index (κ1) is 15.9. The Morgan fingerprint density at radius 3 is 2.52 bits per heavy atom. The van der Waals surface area contributed by atoms with Crippen LogP contribution in [-0.4, -0.2) is 22.0 Å². The standard InChI is InChI=1S/C15H17ClF2N2O/c1-15(2,3)8-5-6-9(16)12-10(7-11(21)14(17)18)19-20(4)13(8)12/h5-6,14H,7H2,1-4H3. The Bertz CT molecular complexity index is 702. The molecule has 0 N–H and O–H groups in total. The number of Topliss-reactive ketones (excluding diaryl/α,β-unsaturated/α-hetero) is 1. The maximum atomic E-state index is 12.5. The fraction of sp³-hybridized carbons (Fsp3) is 0.467. The second-order valence-corrected chi connectivity index (χ2v) is 6.49. The zero-order valence-electron chi connectivity index (χ0n) is 12.4. The van der Waals surface area contributed by atoms with E-state index < -0.39 is 18.6 Å². The number of hydrogen-bond donors (Lipinski definition) is 0. The number of nitrogens with zero attached hydrogens (tertiary/aromatic N) is 2. The molecule has 0 atom stereocenters. The van der Waals surface area contributed by atoms with Gasteiger partial charge in [0.15, 0.2) is 0 Å². The Morgan fingerprint density at radius 1 is 1.38 bits per heavy atom. The van der Waals surface area contributed by atoms with E-state index in [9.17, 15) is 13.6 Å². The minimum Gasteiger partial charge on any atom is -0.293 e. The van der Waals surface area contributed by atoms with Gasteiger partial charge in [0.2, 0.25) is 5.78 Å². The lowest BCUT2D eigenvalue weighted by molar-refractivity contribution is -0.128. The van der Waals surface area contributed by atoms with Gasteiger partial charge in [-0.25, -0.2) is 8.78 Å². The normalized spacial score (nSPS) is 12.4. The molecule has 0 spiro atoms. The van der Waals surface area contributed by atoms with Crippen molar-refractivity contribution in [2.75, 3.05) is 0 Å². The third-order valence-electron chi connectivity index (χ3n) is 3.40. The number of alkyl halides is 2. The molecule has 0 aliphatic rings. The quantitative estimate of drug-likeness (QED) is 0.861. The highest BCUT2D eigenvalue weighted by Crippen LogP contribution is 2.35. The number of halogens is 3. The number of rotatable bonds is 3. The SMILES string of the molecule is Cn1nc(CC(=O)C(F)F)c2c(Cl)ccc(C(C)(C)C)c21. The van der Waals surface area contributed by atoms with Crippen LogP contribution in [0.15, 0.2) is 12.1 Å². The van der Waals surface area contributed by atoms with Crippen molar-refractivity contribution in [3.63, 3.8) is 0 Å². The lowest BCUT2D eigenvalue weighted by Crippen LogP contribution is -2.13. The molecule has 0 amide bonds. The molecule has 0 bridgehead atoms. The number of ketones is 1. The van der Waals surface area contributed by atoms with Crippen molar-refractivity contribution in [1.29, 1.82) is 0 Å². The first-order chi connectivity index (χ1) is 9.62. The molecule has 0 aliphatic heterocycles. The summed E-state index contributed by atoms with van der Waals surface area (Å²) in [6.07, 6.45) is -3.41. The van der Waals surface area contributed by atoms with Crippen molar-refractivity contribution in [2.24, 2.45) is 7.05 Å². The van der Waals surface area contributed by atoms with Crippen LogP contribution in [0.4, 0.5) is 8.78 Å². The summed E-state index contributed by atoms with van der Waals surface area (Å²) in [7, 11) is 1.73. The summed E-state index contributed by atoms with van der Waals surface area (Å²) >= 11 is 6.21. The molecule has 1 aromatic heterocycles. The second-order valence-electron chi connectivity index (χ2n) is 6.08. The molecule has 0 saturated carbocycles. The summed E-state index contributed by atoms with van der Waals surface area (Å²) in [5.41, 5.74) is 1.94. The molecule has 3 nitrogen and oxygen atoms in total. The first-order valence-corrected chi connectivity index (χ1v) is 6.96. The van der Waals surface area contributed by atoms with E-state index in [0.29, 0.717) is 16.1 Å². The summed E-state index contributed by atoms with van der Waals surface area (Å²) in [6, 6.07) is 3.63. The van der Waals surface area contributed by atoms with E-state index in [4.69, 9.17) is 11.6 Å². The van der Waals surface area contributed by atoms with Crippen molar-refractivity contribution in [2.45, 2.75) is 39.0 Å². The first-order valence-electron chi connectivity index (χ1n) is 6.58. The molecule has 1 aromatic carbocycles. The Kier molecular flexibility index (Phi) is 4.06. The van der Waals surface area contributed by atoms with E-state index in [-0.39, 0.29) is 5.41 Å². The number of aromatic nitrogens is 2. The fourth-order valence-electron chi connectivity index (χ4n) is 2.43. The van der Waals surface area contributed by atoms with Crippen LogP contribution in [0.3, 0.4) is 0 Å². The average molecular weight is 315 g/mol. The minimum absolute atomic E-state index is 0.152. The predicted molar refractivity (Wildman–Crippen MR) is 79.1 cm³/mol. The van der Waals surface area contributed by atoms with Crippen molar-refractivity contribution in [3.8, 4) is 0 Å². The number of aryl methyl sites for hydroxylation is 1. The summed E-state index contributed by atoms with van der Waals surface area (Å²) < 4.78 is 26.6. The molecule has 0 saturated heterocycles. The average Bonchev–Trinajstić information content (AvgIpc) is 2.66. The zero-order valence-corrected chi connectivity index (χ0v) is 13.1. The third-order valence-corrected chi connectivity index (χ3v) is 3.72.